The molecule has 1 aromatic carbocycles. The van der Waals surface area contributed by atoms with Crippen molar-refractivity contribution in [3.8, 4) is 0 Å². The maximum atomic E-state index is 9.96. The maximum absolute atomic E-state index is 9.96. The van der Waals surface area contributed by atoms with Gasteiger partial charge in [0.1, 0.15) is 0 Å². The van der Waals surface area contributed by atoms with Crippen LogP contribution in [0.1, 0.15) is 36.8 Å². The van der Waals surface area contributed by atoms with E-state index >= 15 is 0 Å². The highest BCUT2D eigenvalue weighted by Crippen LogP contribution is 2.22. The third-order valence-corrected chi connectivity index (χ3v) is 3.64. The topological polar surface area (TPSA) is 35.8 Å². The Morgan fingerprint density at radius 1 is 1.22 bits per heavy atom. The Balaban J connectivity index is 1.97. The highest BCUT2D eigenvalue weighted by Gasteiger charge is 2.25. The van der Waals surface area contributed by atoms with E-state index in [1.807, 2.05) is 18.3 Å². The van der Waals surface area contributed by atoms with Gasteiger partial charge in [-0.3, -0.25) is 5.01 Å². The number of hydrogen-bond donors (Lipinski definition) is 1. The first kappa shape index (κ1) is 13.1. The summed E-state index contributed by atoms with van der Waals surface area (Å²) in [4.78, 5) is 0. The number of nitrogens with zero attached hydrogens (tertiary/aromatic N) is 2. The zero-order valence-electron chi connectivity index (χ0n) is 11.2. The molecule has 1 N–H and O–H groups in total. The average molecular weight is 246 g/mol. The second-order valence-electron chi connectivity index (χ2n) is 5.15. The van der Waals surface area contributed by atoms with Crippen molar-refractivity contribution < 1.29 is 5.11 Å². The van der Waals surface area contributed by atoms with Gasteiger partial charge in [0, 0.05) is 7.05 Å². The summed E-state index contributed by atoms with van der Waals surface area (Å²) in [6, 6.07) is 8.45. The van der Waals surface area contributed by atoms with E-state index in [2.05, 4.69) is 36.3 Å². The molecule has 1 aromatic rings. The Hall–Kier alpha value is -1.35. The van der Waals surface area contributed by atoms with Crippen LogP contribution in [0.5, 0.6) is 0 Å². The Labute approximate surface area is 109 Å². The number of aliphatic hydroxyl groups excluding tert-OH is 1. The number of aryl methyl sites for hydroxylation is 1. The van der Waals surface area contributed by atoms with Gasteiger partial charge >= 0.3 is 0 Å². The Kier molecular flexibility index (Phi) is 4.37. The van der Waals surface area contributed by atoms with Crippen molar-refractivity contribution in [1.29, 1.82) is 0 Å². The van der Waals surface area contributed by atoms with Gasteiger partial charge in [0.25, 0.3) is 0 Å². The largest absolute Gasteiger partial charge is 0.391 e. The minimum atomic E-state index is -0.237. The molecule has 2 rings (SSSR count). The molecule has 0 saturated heterocycles. The lowest BCUT2D eigenvalue weighted by Crippen LogP contribution is -2.40. The fourth-order valence-electron chi connectivity index (χ4n) is 2.42. The monoisotopic (exact) mass is 246 g/mol. The van der Waals surface area contributed by atoms with E-state index in [0.29, 0.717) is 0 Å². The molecule has 18 heavy (non-hydrogen) atoms. The Morgan fingerprint density at radius 3 is 2.56 bits per heavy atom. The van der Waals surface area contributed by atoms with Crippen LogP contribution in [0.25, 0.3) is 0 Å². The average Bonchev–Trinajstić information content (AvgIpc) is 2.38. The lowest BCUT2D eigenvalue weighted by Gasteiger charge is -2.33. The second kappa shape index (κ2) is 6.01. The molecule has 0 unspecified atom stereocenters. The minimum absolute atomic E-state index is 0.167. The molecule has 1 saturated carbocycles. The molecular formula is C15H22N2O. The van der Waals surface area contributed by atoms with Crippen molar-refractivity contribution in [3.63, 3.8) is 0 Å². The van der Waals surface area contributed by atoms with Crippen LogP contribution in [0.15, 0.2) is 29.4 Å². The summed E-state index contributed by atoms with van der Waals surface area (Å²) in [5, 5.41) is 16.3. The fourth-order valence-corrected chi connectivity index (χ4v) is 2.42. The van der Waals surface area contributed by atoms with Crippen LogP contribution in [0.2, 0.25) is 0 Å². The van der Waals surface area contributed by atoms with E-state index in [9.17, 15) is 5.11 Å². The number of hydrazone groups is 1. The molecule has 3 heteroatoms. The molecule has 0 aromatic heterocycles. The number of likely N-dealkylation sites (N-methyl/N-ethyl adjacent to an activating group) is 1. The predicted octanol–water partition coefficient (Wildman–Crippen LogP) is 2.56. The van der Waals surface area contributed by atoms with Gasteiger partial charge < -0.3 is 5.11 Å². The van der Waals surface area contributed by atoms with E-state index < -0.39 is 0 Å². The molecule has 0 radical (unpaired) electrons. The standard InChI is InChI=1S/C15H22N2O/c1-12-7-9-13(10-8-12)11-16-17(2)14-5-3-4-6-15(14)18/h7-11,14-15,18H,3-6H2,1-2H3/b16-11+/t14-,15-/m1/s1. The molecule has 3 nitrogen and oxygen atoms in total. The summed E-state index contributed by atoms with van der Waals surface area (Å²) >= 11 is 0. The molecule has 0 bridgehead atoms. The smallest absolute Gasteiger partial charge is 0.0759 e. The van der Waals surface area contributed by atoms with Crippen LogP contribution in [0.3, 0.4) is 0 Å². The van der Waals surface area contributed by atoms with Gasteiger partial charge in [-0.15, -0.1) is 0 Å². The summed E-state index contributed by atoms with van der Waals surface area (Å²) in [5.41, 5.74) is 2.35. The van der Waals surface area contributed by atoms with Gasteiger partial charge in [0.2, 0.25) is 0 Å². The van der Waals surface area contributed by atoms with Crippen molar-refractivity contribution in [2.75, 3.05) is 7.05 Å². The quantitative estimate of drug-likeness (QED) is 0.657. The molecule has 1 aliphatic carbocycles. The molecule has 2 atom stereocenters. The van der Waals surface area contributed by atoms with E-state index in [1.165, 1.54) is 12.0 Å². The fraction of sp³-hybridized carbons (Fsp3) is 0.533. The van der Waals surface area contributed by atoms with Gasteiger partial charge in [0.05, 0.1) is 18.4 Å². The van der Waals surface area contributed by atoms with Crippen LogP contribution in [-0.4, -0.2) is 35.5 Å². The molecule has 0 spiro atoms. The van der Waals surface area contributed by atoms with Gasteiger partial charge in [0.15, 0.2) is 0 Å². The van der Waals surface area contributed by atoms with Crippen LogP contribution in [-0.2, 0) is 0 Å². The number of aliphatic hydroxyl groups is 1. The van der Waals surface area contributed by atoms with Gasteiger partial charge in [-0.2, -0.15) is 5.10 Å². The minimum Gasteiger partial charge on any atom is -0.391 e. The van der Waals surface area contributed by atoms with Gasteiger partial charge in [-0.25, -0.2) is 0 Å². The third kappa shape index (κ3) is 3.33. The van der Waals surface area contributed by atoms with Crippen molar-refractivity contribution in [2.24, 2.45) is 5.10 Å². The molecular weight excluding hydrogens is 224 g/mol. The van der Waals surface area contributed by atoms with E-state index in [4.69, 9.17) is 0 Å². The molecule has 1 aliphatic rings. The van der Waals surface area contributed by atoms with E-state index in [1.54, 1.807) is 0 Å². The first-order valence-electron chi connectivity index (χ1n) is 6.68. The highest BCUT2D eigenvalue weighted by atomic mass is 16.3. The summed E-state index contributed by atoms with van der Waals surface area (Å²) in [7, 11) is 1.95. The second-order valence-corrected chi connectivity index (χ2v) is 5.15. The van der Waals surface area contributed by atoms with Crippen LogP contribution in [0, 0.1) is 6.92 Å². The SMILES string of the molecule is Cc1ccc(/C=N/N(C)[C@@H]2CCCC[C@H]2O)cc1. The zero-order chi connectivity index (χ0) is 13.0. The van der Waals surface area contributed by atoms with Crippen molar-refractivity contribution in [2.45, 2.75) is 44.8 Å². The summed E-state index contributed by atoms with van der Waals surface area (Å²) in [5.74, 6) is 0. The number of hydrogen-bond acceptors (Lipinski definition) is 3. The lowest BCUT2D eigenvalue weighted by molar-refractivity contribution is 0.0338. The molecule has 0 aliphatic heterocycles. The van der Waals surface area contributed by atoms with Crippen molar-refractivity contribution in [1.82, 2.24) is 5.01 Å². The first-order chi connectivity index (χ1) is 8.66. The summed E-state index contributed by atoms with van der Waals surface area (Å²) in [6.07, 6.45) is 5.87. The molecule has 98 valence electrons. The van der Waals surface area contributed by atoms with E-state index in [-0.39, 0.29) is 12.1 Å². The normalized spacial score (nSPS) is 24.4. The van der Waals surface area contributed by atoms with E-state index in [0.717, 1.165) is 24.8 Å². The van der Waals surface area contributed by atoms with Gasteiger partial charge in [-0.1, -0.05) is 42.7 Å². The number of benzene rings is 1. The molecule has 0 heterocycles. The van der Waals surface area contributed by atoms with Crippen LogP contribution < -0.4 is 0 Å². The summed E-state index contributed by atoms with van der Waals surface area (Å²) < 4.78 is 0. The predicted molar refractivity (Wildman–Crippen MR) is 74.8 cm³/mol. The third-order valence-electron chi connectivity index (χ3n) is 3.64. The lowest BCUT2D eigenvalue weighted by atomic mass is 9.92. The first-order valence-corrected chi connectivity index (χ1v) is 6.68. The van der Waals surface area contributed by atoms with Crippen LogP contribution >= 0.6 is 0 Å². The van der Waals surface area contributed by atoms with Crippen LogP contribution in [0.4, 0.5) is 0 Å². The Bertz CT molecular complexity index is 399. The van der Waals surface area contributed by atoms with Crippen molar-refractivity contribution >= 4 is 6.21 Å². The molecule has 0 amide bonds. The van der Waals surface area contributed by atoms with Crippen molar-refractivity contribution in [3.05, 3.63) is 35.4 Å². The highest BCUT2D eigenvalue weighted by molar-refractivity contribution is 5.79. The Morgan fingerprint density at radius 2 is 1.89 bits per heavy atom. The molecule has 1 fully saturated rings. The number of rotatable bonds is 3. The maximum Gasteiger partial charge on any atom is 0.0759 e. The van der Waals surface area contributed by atoms with Gasteiger partial charge in [-0.05, 0) is 25.3 Å². The summed E-state index contributed by atoms with van der Waals surface area (Å²) in [6.45, 7) is 2.07. The zero-order valence-corrected chi connectivity index (χ0v) is 11.2.